The number of unbranched alkanes of at least 4 members (excludes halogenated alkanes) is 4. The fraction of sp³-hybridized carbons (Fsp3) is 0.348. The fourth-order valence-corrected chi connectivity index (χ4v) is 2.88. The van der Waals surface area contributed by atoms with Crippen molar-refractivity contribution in [3.8, 4) is 0 Å². The lowest BCUT2D eigenvalue weighted by Crippen LogP contribution is -2.41. The van der Waals surface area contributed by atoms with Gasteiger partial charge in [-0.1, -0.05) is 50.8 Å². The van der Waals surface area contributed by atoms with Gasteiger partial charge in [0.15, 0.2) is 0 Å². The number of hydrogen-bond donors (Lipinski definition) is 3. The summed E-state index contributed by atoms with van der Waals surface area (Å²) in [5, 5.41) is 2.81. The van der Waals surface area contributed by atoms with E-state index in [2.05, 4.69) is 23.1 Å². The molecule has 0 aliphatic heterocycles. The lowest BCUT2D eigenvalue weighted by atomic mass is 10.1. The van der Waals surface area contributed by atoms with E-state index in [1.807, 2.05) is 25.1 Å². The lowest BCUT2D eigenvalue weighted by molar-refractivity contribution is -0.122. The second-order valence-corrected chi connectivity index (χ2v) is 7.01. The van der Waals surface area contributed by atoms with Crippen molar-refractivity contribution in [1.82, 2.24) is 10.9 Å². The molecule has 2 aromatic carbocycles. The van der Waals surface area contributed by atoms with Crippen molar-refractivity contribution >= 4 is 23.4 Å². The molecule has 0 aromatic heterocycles. The van der Waals surface area contributed by atoms with E-state index in [0.29, 0.717) is 23.2 Å². The SMILES string of the molecule is CCCCCCCC(=O)NNC(=O)c1ccc(NC(=O)c2ccccc2C)cc1. The zero-order chi connectivity index (χ0) is 21.1. The smallest absolute Gasteiger partial charge is 0.269 e. The second kappa shape index (κ2) is 11.6. The van der Waals surface area contributed by atoms with Gasteiger partial charge in [-0.15, -0.1) is 0 Å². The quantitative estimate of drug-likeness (QED) is 0.435. The molecule has 3 amide bonds. The molecule has 0 unspecified atom stereocenters. The van der Waals surface area contributed by atoms with Crippen LogP contribution in [0.4, 0.5) is 5.69 Å². The molecule has 0 aliphatic rings. The average Bonchev–Trinajstić information content (AvgIpc) is 2.72. The number of hydrogen-bond acceptors (Lipinski definition) is 3. The van der Waals surface area contributed by atoms with Crippen molar-refractivity contribution in [2.75, 3.05) is 5.32 Å². The average molecular weight is 396 g/mol. The minimum atomic E-state index is -0.402. The number of aryl methyl sites for hydroxylation is 1. The zero-order valence-electron chi connectivity index (χ0n) is 17.1. The third-order valence-electron chi connectivity index (χ3n) is 4.62. The number of anilines is 1. The standard InChI is InChI=1S/C23H29N3O3/c1-3-4-5-6-7-12-21(27)25-26-22(28)18-13-15-19(16-14-18)24-23(29)20-11-9-8-10-17(20)2/h8-11,13-16H,3-7,12H2,1-2H3,(H,24,29)(H,25,27)(H,26,28). The summed E-state index contributed by atoms with van der Waals surface area (Å²) in [5.41, 5.74) is 7.33. The molecule has 0 fully saturated rings. The van der Waals surface area contributed by atoms with Crippen LogP contribution in [0.15, 0.2) is 48.5 Å². The summed E-state index contributed by atoms with van der Waals surface area (Å²) in [5.74, 6) is -0.801. The van der Waals surface area contributed by atoms with Gasteiger partial charge in [0, 0.05) is 23.2 Å². The predicted molar refractivity (Wildman–Crippen MR) is 115 cm³/mol. The first-order chi connectivity index (χ1) is 14.0. The maximum Gasteiger partial charge on any atom is 0.269 e. The van der Waals surface area contributed by atoms with Crippen LogP contribution in [-0.2, 0) is 4.79 Å². The summed E-state index contributed by atoms with van der Waals surface area (Å²) >= 11 is 0. The third-order valence-corrected chi connectivity index (χ3v) is 4.62. The Morgan fingerprint density at radius 3 is 2.17 bits per heavy atom. The maximum absolute atomic E-state index is 12.3. The normalized spacial score (nSPS) is 10.3. The first-order valence-electron chi connectivity index (χ1n) is 10.1. The highest BCUT2D eigenvalue weighted by molar-refractivity contribution is 6.05. The van der Waals surface area contributed by atoms with Crippen LogP contribution in [-0.4, -0.2) is 17.7 Å². The van der Waals surface area contributed by atoms with Gasteiger partial charge in [0.1, 0.15) is 0 Å². The van der Waals surface area contributed by atoms with E-state index >= 15 is 0 Å². The molecule has 3 N–H and O–H groups in total. The van der Waals surface area contributed by atoms with E-state index in [4.69, 9.17) is 0 Å². The van der Waals surface area contributed by atoms with E-state index in [1.54, 1.807) is 30.3 Å². The minimum Gasteiger partial charge on any atom is -0.322 e. The molecule has 0 aliphatic carbocycles. The number of rotatable bonds is 9. The number of hydrazine groups is 1. The molecular weight excluding hydrogens is 366 g/mol. The monoisotopic (exact) mass is 395 g/mol. The van der Waals surface area contributed by atoms with Crippen LogP contribution in [0.2, 0.25) is 0 Å². The molecule has 0 radical (unpaired) electrons. The molecule has 0 heterocycles. The lowest BCUT2D eigenvalue weighted by Gasteiger charge is -2.09. The highest BCUT2D eigenvalue weighted by Gasteiger charge is 2.10. The van der Waals surface area contributed by atoms with Gasteiger partial charge in [0.2, 0.25) is 5.91 Å². The molecule has 6 heteroatoms. The summed E-state index contributed by atoms with van der Waals surface area (Å²) in [6.07, 6.45) is 5.70. The van der Waals surface area contributed by atoms with E-state index in [1.165, 1.54) is 6.42 Å². The summed E-state index contributed by atoms with van der Waals surface area (Å²) in [7, 11) is 0. The Kier molecular flexibility index (Phi) is 8.89. The molecule has 0 atom stereocenters. The topological polar surface area (TPSA) is 87.3 Å². The van der Waals surface area contributed by atoms with E-state index in [9.17, 15) is 14.4 Å². The van der Waals surface area contributed by atoms with Gasteiger partial charge in [-0.2, -0.15) is 0 Å². The molecular formula is C23H29N3O3. The van der Waals surface area contributed by atoms with Crippen molar-refractivity contribution in [1.29, 1.82) is 0 Å². The highest BCUT2D eigenvalue weighted by Crippen LogP contribution is 2.13. The largest absolute Gasteiger partial charge is 0.322 e. The van der Waals surface area contributed by atoms with Crippen molar-refractivity contribution < 1.29 is 14.4 Å². The van der Waals surface area contributed by atoms with Crippen LogP contribution in [0, 0.1) is 6.92 Å². The van der Waals surface area contributed by atoms with Crippen molar-refractivity contribution in [2.45, 2.75) is 52.4 Å². The van der Waals surface area contributed by atoms with Crippen molar-refractivity contribution in [3.63, 3.8) is 0 Å². The van der Waals surface area contributed by atoms with Crippen LogP contribution in [0.3, 0.4) is 0 Å². The van der Waals surface area contributed by atoms with Gasteiger partial charge in [-0.3, -0.25) is 25.2 Å². The Morgan fingerprint density at radius 2 is 1.48 bits per heavy atom. The molecule has 0 saturated heterocycles. The maximum atomic E-state index is 12.3. The summed E-state index contributed by atoms with van der Waals surface area (Å²) in [4.78, 5) is 36.3. The molecule has 154 valence electrons. The molecule has 2 rings (SSSR count). The molecule has 6 nitrogen and oxygen atoms in total. The number of carbonyl (C=O) groups is 3. The van der Waals surface area contributed by atoms with Crippen molar-refractivity contribution in [2.24, 2.45) is 0 Å². The van der Waals surface area contributed by atoms with Crippen LogP contribution in [0.1, 0.15) is 71.7 Å². The van der Waals surface area contributed by atoms with Gasteiger partial charge >= 0.3 is 0 Å². The van der Waals surface area contributed by atoms with Gasteiger partial charge in [0.05, 0.1) is 0 Å². The number of benzene rings is 2. The third kappa shape index (κ3) is 7.41. The van der Waals surface area contributed by atoms with Gasteiger partial charge in [-0.05, 0) is 49.2 Å². The van der Waals surface area contributed by atoms with Gasteiger partial charge < -0.3 is 5.32 Å². The summed E-state index contributed by atoms with van der Waals surface area (Å²) < 4.78 is 0. The van der Waals surface area contributed by atoms with Crippen LogP contribution < -0.4 is 16.2 Å². The van der Waals surface area contributed by atoms with Gasteiger partial charge in [0.25, 0.3) is 11.8 Å². The van der Waals surface area contributed by atoms with Crippen LogP contribution in [0.5, 0.6) is 0 Å². The number of amides is 3. The van der Waals surface area contributed by atoms with E-state index < -0.39 is 5.91 Å². The Labute approximate surface area is 172 Å². The number of carbonyl (C=O) groups excluding carboxylic acids is 3. The predicted octanol–water partition coefficient (Wildman–Crippen LogP) is 4.37. The van der Waals surface area contributed by atoms with E-state index in [-0.39, 0.29) is 11.8 Å². The molecule has 2 aromatic rings. The Hall–Kier alpha value is -3.15. The molecule has 0 bridgehead atoms. The van der Waals surface area contributed by atoms with Crippen LogP contribution in [0.25, 0.3) is 0 Å². The second-order valence-electron chi connectivity index (χ2n) is 7.01. The first-order valence-corrected chi connectivity index (χ1v) is 10.1. The fourth-order valence-electron chi connectivity index (χ4n) is 2.88. The van der Waals surface area contributed by atoms with Crippen molar-refractivity contribution in [3.05, 3.63) is 65.2 Å². The number of nitrogens with one attached hydrogen (secondary N) is 3. The van der Waals surface area contributed by atoms with E-state index in [0.717, 1.165) is 31.2 Å². The molecule has 29 heavy (non-hydrogen) atoms. The highest BCUT2D eigenvalue weighted by atomic mass is 16.2. The summed E-state index contributed by atoms with van der Waals surface area (Å²) in [6.45, 7) is 4.02. The van der Waals surface area contributed by atoms with Gasteiger partial charge in [-0.25, -0.2) is 0 Å². The Balaban J connectivity index is 1.79. The zero-order valence-corrected chi connectivity index (χ0v) is 17.1. The minimum absolute atomic E-state index is 0.197. The first kappa shape index (κ1) is 22.1. The molecule has 0 saturated carbocycles. The Morgan fingerprint density at radius 1 is 0.793 bits per heavy atom. The summed E-state index contributed by atoms with van der Waals surface area (Å²) in [6, 6.07) is 13.8. The Bertz CT molecular complexity index is 832. The van der Waals surface area contributed by atoms with Crippen LogP contribution >= 0.6 is 0 Å². The molecule has 0 spiro atoms.